The molecule has 0 saturated carbocycles. The van der Waals surface area contributed by atoms with Crippen LogP contribution in [0.25, 0.3) is 0 Å². The second-order valence-corrected chi connectivity index (χ2v) is 11.8. The molecule has 4 rings (SSSR count). The number of aromatic nitrogens is 2. The molecular formula is C32H41N7O7. The van der Waals surface area contributed by atoms with Crippen molar-refractivity contribution in [3.05, 3.63) is 70.2 Å². The molecule has 0 bridgehead atoms. The molecule has 1 aliphatic rings. The summed E-state index contributed by atoms with van der Waals surface area (Å²) in [5, 5.41) is 12.1. The number of urea groups is 1. The molecule has 0 N–H and O–H groups in total. The molecule has 2 aromatic carbocycles. The van der Waals surface area contributed by atoms with E-state index in [1.54, 1.807) is 45.0 Å². The first-order valence-corrected chi connectivity index (χ1v) is 14.9. The van der Waals surface area contributed by atoms with Crippen molar-refractivity contribution in [1.82, 2.24) is 14.9 Å². The summed E-state index contributed by atoms with van der Waals surface area (Å²) < 4.78 is 16.3. The van der Waals surface area contributed by atoms with Crippen LogP contribution in [0.15, 0.2) is 48.8 Å². The van der Waals surface area contributed by atoms with E-state index in [4.69, 9.17) is 14.2 Å². The second-order valence-electron chi connectivity index (χ2n) is 11.8. The van der Waals surface area contributed by atoms with E-state index >= 15 is 0 Å². The summed E-state index contributed by atoms with van der Waals surface area (Å²) in [7, 11) is 4.37. The minimum Gasteiger partial charge on any atom is -0.497 e. The number of hydrogen-bond donors (Lipinski definition) is 0. The molecule has 2 heterocycles. The van der Waals surface area contributed by atoms with Crippen molar-refractivity contribution in [2.24, 2.45) is 0 Å². The smallest absolute Gasteiger partial charge is 0.423 e. The molecule has 3 amide bonds. The second kappa shape index (κ2) is 14.4. The van der Waals surface area contributed by atoms with Gasteiger partial charge in [-0.3, -0.25) is 15.0 Å². The van der Waals surface area contributed by atoms with Crippen LogP contribution in [0.1, 0.15) is 39.0 Å². The number of nitro groups is 1. The third kappa shape index (κ3) is 8.18. The average molecular weight is 636 g/mol. The molecule has 14 nitrogen and oxygen atoms in total. The molecule has 3 aromatic rings. The number of imide groups is 1. The van der Waals surface area contributed by atoms with E-state index in [2.05, 4.69) is 26.7 Å². The summed E-state index contributed by atoms with van der Waals surface area (Å²) in [4.78, 5) is 54.1. The van der Waals surface area contributed by atoms with Gasteiger partial charge >= 0.3 is 12.1 Å². The van der Waals surface area contributed by atoms with Gasteiger partial charge in [0.25, 0.3) is 5.69 Å². The van der Waals surface area contributed by atoms with Gasteiger partial charge in [-0.15, -0.1) is 0 Å². The Labute approximate surface area is 268 Å². The van der Waals surface area contributed by atoms with E-state index in [0.717, 1.165) is 43.3 Å². The number of hydrogen-bond acceptors (Lipinski definition) is 11. The maximum absolute atomic E-state index is 13.9. The highest BCUT2D eigenvalue weighted by molar-refractivity contribution is 6.17. The van der Waals surface area contributed by atoms with Crippen molar-refractivity contribution in [2.75, 3.05) is 68.7 Å². The lowest BCUT2D eigenvalue weighted by molar-refractivity contribution is -0.385. The van der Waals surface area contributed by atoms with Gasteiger partial charge in [0, 0.05) is 81.2 Å². The first-order valence-electron chi connectivity index (χ1n) is 14.9. The third-order valence-corrected chi connectivity index (χ3v) is 7.52. The minimum atomic E-state index is -0.916. The van der Waals surface area contributed by atoms with Crippen molar-refractivity contribution in [1.29, 1.82) is 0 Å². The quantitative estimate of drug-likeness (QED) is 0.228. The molecule has 46 heavy (non-hydrogen) atoms. The zero-order valence-corrected chi connectivity index (χ0v) is 27.3. The number of likely N-dealkylation sites (N-methyl/N-ethyl adjacent to an activating group) is 1. The van der Waals surface area contributed by atoms with Crippen molar-refractivity contribution < 1.29 is 28.7 Å². The van der Waals surface area contributed by atoms with Crippen LogP contribution in [-0.2, 0) is 11.2 Å². The van der Waals surface area contributed by atoms with E-state index < -0.39 is 17.7 Å². The van der Waals surface area contributed by atoms with E-state index in [1.165, 1.54) is 44.6 Å². The van der Waals surface area contributed by atoms with E-state index in [-0.39, 0.29) is 28.5 Å². The number of carbonyl (C=O) groups is 2. The highest BCUT2D eigenvalue weighted by Crippen LogP contribution is 2.32. The normalized spacial score (nSPS) is 13.6. The summed E-state index contributed by atoms with van der Waals surface area (Å²) in [6.45, 7) is 11.6. The summed E-state index contributed by atoms with van der Waals surface area (Å²) in [6.07, 6.45) is 0.482. The Balaban J connectivity index is 1.61. The molecule has 246 valence electrons. The maximum Gasteiger partial charge on any atom is 0.423 e. The number of rotatable bonds is 9. The van der Waals surface area contributed by atoms with Gasteiger partial charge in [0.2, 0.25) is 0 Å². The SMILES string of the molecule is CCN1CCN(c2ccc(Cc3cc(N(C)C(=O)N(C(=O)OC(C)(C)C)c4cc(OC)cc(OC)c4)ncn3)c([N+](=O)[O-])c2)CC1. The van der Waals surface area contributed by atoms with E-state index in [9.17, 15) is 19.7 Å². The highest BCUT2D eigenvalue weighted by atomic mass is 16.6. The number of piperazine rings is 1. The molecule has 1 fully saturated rings. The fourth-order valence-corrected chi connectivity index (χ4v) is 5.02. The maximum atomic E-state index is 13.9. The standard InChI is InChI=1S/C32H41N7O7/c1-8-36-11-13-37(14-12-36)24-10-9-22(28(19-24)39(42)43)15-23-16-29(34-21-33-23)35(5)30(40)38(31(41)46-32(2,3)4)25-17-26(44-6)20-27(18-25)45-7/h9-10,16-21H,8,11-15H2,1-7H3. The molecule has 0 radical (unpaired) electrons. The fourth-order valence-electron chi connectivity index (χ4n) is 5.02. The molecule has 0 unspecified atom stereocenters. The monoisotopic (exact) mass is 635 g/mol. The zero-order valence-electron chi connectivity index (χ0n) is 27.3. The first kappa shape index (κ1) is 33.9. The van der Waals surface area contributed by atoms with Crippen molar-refractivity contribution in [2.45, 2.75) is 39.7 Å². The Morgan fingerprint density at radius 3 is 2.20 bits per heavy atom. The van der Waals surface area contributed by atoms with Crippen LogP contribution in [0.3, 0.4) is 0 Å². The molecule has 1 aromatic heterocycles. The Kier molecular flexibility index (Phi) is 10.6. The van der Waals surface area contributed by atoms with Gasteiger partial charge < -0.3 is 24.0 Å². The van der Waals surface area contributed by atoms with Crippen LogP contribution in [-0.4, -0.2) is 91.5 Å². The van der Waals surface area contributed by atoms with Gasteiger partial charge in [-0.1, -0.05) is 6.92 Å². The molecule has 0 spiro atoms. The van der Waals surface area contributed by atoms with Gasteiger partial charge in [0.05, 0.1) is 30.5 Å². The fraction of sp³-hybridized carbons (Fsp3) is 0.438. The Morgan fingerprint density at radius 2 is 1.63 bits per heavy atom. The molecule has 0 aliphatic carbocycles. The molecule has 0 atom stereocenters. The number of carbonyl (C=O) groups excluding carboxylic acids is 2. The van der Waals surface area contributed by atoms with Gasteiger partial charge in [-0.25, -0.2) is 19.6 Å². The predicted molar refractivity (Wildman–Crippen MR) is 174 cm³/mol. The largest absolute Gasteiger partial charge is 0.497 e. The lowest BCUT2D eigenvalue weighted by Gasteiger charge is -2.35. The Bertz CT molecular complexity index is 1550. The van der Waals surface area contributed by atoms with Gasteiger partial charge in [-0.2, -0.15) is 4.90 Å². The van der Waals surface area contributed by atoms with Crippen LogP contribution < -0.4 is 24.2 Å². The molecule has 1 saturated heterocycles. The predicted octanol–water partition coefficient (Wildman–Crippen LogP) is 5.13. The number of nitro benzene ring substituents is 1. The van der Waals surface area contributed by atoms with Crippen LogP contribution in [0.2, 0.25) is 0 Å². The van der Waals surface area contributed by atoms with Gasteiger partial charge in [0.1, 0.15) is 29.2 Å². The Morgan fingerprint density at radius 1 is 0.978 bits per heavy atom. The summed E-state index contributed by atoms with van der Waals surface area (Å²) in [5.74, 6) is 0.892. The van der Waals surface area contributed by atoms with Crippen molar-refractivity contribution >= 4 is 35.0 Å². The first-order chi connectivity index (χ1) is 21.8. The van der Waals surface area contributed by atoms with Crippen LogP contribution in [0, 0.1) is 10.1 Å². The number of benzene rings is 2. The Hall–Kier alpha value is -4.98. The van der Waals surface area contributed by atoms with Crippen LogP contribution in [0.4, 0.5) is 32.5 Å². The van der Waals surface area contributed by atoms with Gasteiger partial charge in [-0.05, 0) is 39.4 Å². The molecule has 1 aliphatic heterocycles. The molecule has 14 heteroatoms. The number of amides is 3. The van der Waals surface area contributed by atoms with Crippen LogP contribution >= 0.6 is 0 Å². The van der Waals surface area contributed by atoms with Gasteiger partial charge in [0.15, 0.2) is 0 Å². The van der Waals surface area contributed by atoms with Crippen molar-refractivity contribution in [3.63, 3.8) is 0 Å². The summed E-state index contributed by atoms with van der Waals surface area (Å²) >= 11 is 0. The average Bonchev–Trinajstić information content (AvgIpc) is 3.03. The third-order valence-electron chi connectivity index (χ3n) is 7.52. The minimum absolute atomic E-state index is 0.0110. The van der Waals surface area contributed by atoms with Crippen molar-refractivity contribution in [3.8, 4) is 11.5 Å². The molecular weight excluding hydrogens is 594 g/mol. The number of anilines is 3. The highest BCUT2D eigenvalue weighted by Gasteiger charge is 2.33. The summed E-state index contributed by atoms with van der Waals surface area (Å²) in [6, 6.07) is 10.7. The number of ether oxygens (including phenoxy) is 3. The van der Waals surface area contributed by atoms with Crippen LogP contribution in [0.5, 0.6) is 11.5 Å². The topological polar surface area (TPSA) is 144 Å². The lowest BCUT2D eigenvalue weighted by atomic mass is 10.1. The summed E-state index contributed by atoms with van der Waals surface area (Å²) in [5.41, 5.74) is 0.970. The van der Waals surface area contributed by atoms with E-state index in [0.29, 0.717) is 22.8 Å². The zero-order chi connectivity index (χ0) is 33.6. The van der Waals surface area contributed by atoms with E-state index in [1.807, 2.05) is 6.07 Å². The number of methoxy groups -OCH3 is 2. The lowest BCUT2D eigenvalue weighted by Crippen LogP contribution is -2.47. The number of nitrogens with zero attached hydrogens (tertiary/aromatic N) is 7.